The number of halogens is 3. The van der Waals surface area contributed by atoms with Gasteiger partial charge in [0.15, 0.2) is 9.76 Å². The predicted octanol–water partition coefficient (Wildman–Crippen LogP) is 1.30. The molecule has 1 heterocycles. The van der Waals surface area contributed by atoms with Crippen LogP contribution in [0.4, 0.5) is 13.2 Å². The van der Waals surface area contributed by atoms with Gasteiger partial charge in [0, 0.05) is 13.0 Å². The van der Waals surface area contributed by atoms with Crippen LogP contribution in [0.2, 0.25) is 0 Å². The van der Waals surface area contributed by atoms with Gasteiger partial charge in [0.1, 0.15) is 0 Å². The van der Waals surface area contributed by atoms with Gasteiger partial charge in [-0.15, -0.1) is 0 Å². The zero-order chi connectivity index (χ0) is 10.7. The van der Waals surface area contributed by atoms with Gasteiger partial charge >= 0.3 is 6.18 Å². The zero-order valence-corrected chi connectivity index (χ0v) is 9.35. The van der Waals surface area contributed by atoms with Crippen LogP contribution < -0.4 is 0 Å². The molecule has 1 aliphatic rings. The molecule has 1 unspecified atom stereocenters. The Morgan fingerprint density at radius 1 is 1.36 bits per heavy atom. The summed E-state index contributed by atoms with van der Waals surface area (Å²) >= 11 is 0. The van der Waals surface area contributed by atoms with Gasteiger partial charge in [-0.3, -0.25) is 0 Å². The maximum atomic E-state index is 12.0. The van der Waals surface area contributed by atoms with Crippen LogP contribution in [-0.2, 0) is 4.74 Å². The van der Waals surface area contributed by atoms with Crippen molar-refractivity contribution in [3.8, 4) is 0 Å². The normalized spacial score (nSPS) is 30.0. The summed E-state index contributed by atoms with van der Waals surface area (Å²) in [4.78, 5) is 9.18. The van der Waals surface area contributed by atoms with E-state index in [1.165, 1.54) is 0 Å². The summed E-state index contributed by atoms with van der Waals surface area (Å²) in [6.07, 6.45) is -2.71. The summed E-state index contributed by atoms with van der Waals surface area (Å²) in [6, 6.07) is 0. The first-order valence-corrected chi connectivity index (χ1v) is 6.13. The van der Waals surface area contributed by atoms with Crippen molar-refractivity contribution >= 4 is 9.76 Å². The van der Waals surface area contributed by atoms with Crippen molar-refractivity contribution in [3.05, 3.63) is 0 Å². The highest BCUT2D eigenvalue weighted by molar-refractivity contribution is 6.30. The first-order valence-electron chi connectivity index (χ1n) is 4.79. The number of alkyl halides is 3. The highest BCUT2D eigenvalue weighted by Crippen LogP contribution is 2.32. The highest BCUT2D eigenvalue weighted by Gasteiger charge is 2.38. The SMILES string of the molecule is O[SiH2]C1(CCC(F)(F)F)CCCCO1. The predicted molar refractivity (Wildman–Crippen MR) is 48.6 cm³/mol. The van der Waals surface area contributed by atoms with Gasteiger partial charge in [0.2, 0.25) is 0 Å². The molecule has 1 fully saturated rings. The standard InChI is InChI=1S/C8H15F3O2Si/c9-8(10,11)5-4-7(14-12)3-1-2-6-13-7/h12H,1-6,14H2. The van der Waals surface area contributed by atoms with Gasteiger partial charge < -0.3 is 9.53 Å². The molecule has 6 heteroatoms. The molecule has 0 aromatic heterocycles. The molecule has 14 heavy (non-hydrogen) atoms. The Labute approximate surface area is 83.4 Å². The van der Waals surface area contributed by atoms with Crippen molar-refractivity contribution < 1.29 is 22.7 Å². The monoisotopic (exact) mass is 228 g/mol. The summed E-state index contributed by atoms with van der Waals surface area (Å²) in [5.74, 6) is 0. The molecule has 1 aliphatic heterocycles. The number of ether oxygens (including phenoxy) is 1. The first kappa shape index (κ1) is 12.0. The minimum absolute atomic E-state index is 0.0702. The van der Waals surface area contributed by atoms with E-state index in [2.05, 4.69) is 0 Å². The van der Waals surface area contributed by atoms with E-state index < -0.39 is 27.6 Å². The van der Waals surface area contributed by atoms with E-state index in [1.54, 1.807) is 0 Å². The van der Waals surface area contributed by atoms with Crippen LogP contribution in [0.3, 0.4) is 0 Å². The molecular formula is C8H15F3O2Si. The third kappa shape index (κ3) is 3.59. The number of hydrogen-bond donors (Lipinski definition) is 1. The largest absolute Gasteiger partial charge is 0.435 e. The van der Waals surface area contributed by atoms with Crippen molar-refractivity contribution in [2.24, 2.45) is 0 Å². The minimum Gasteiger partial charge on any atom is -0.435 e. The fourth-order valence-electron chi connectivity index (χ4n) is 1.68. The van der Waals surface area contributed by atoms with Gasteiger partial charge in [-0.2, -0.15) is 13.2 Å². The zero-order valence-electron chi connectivity index (χ0n) is 7.94. The molecule has 0 amide bonds. The Kier molecular flexibility index (Phi) is 3.97. The summed E-state index contributed by atoms with van der Waals surface area (Å²) in [6.45, 7) is 0.491. The van der Waals surface area contributed by atoms with Crippen molar-refractivity contribution in [1.29, 1.82) is 0 Å². The van der Waals surface area contributed by atoms with Crippen LogP contribution in [0.5, 0.6) is 0 Å². The molecule has 1 rings (SSSR count). The molecule has 0 bridgehead atoms. The Morgan fingerprint density at radius 3 is 2.50 bits per heavy atom. The van der Waals surface area contributed by atoms with Crippen molar-refractivity contribution in [2.75, 3.05) is 6.61 Å². The van der Waals surface area contributed by atoms with Gasteiger partial charge in [-0.25, -0.2) is 0 Å². The number of hydrogen-bond acceptors (Lipinski definition) is 2. The Morgan fingerprint density at radius 2 is 2.07 bits per heavy atom. The number of rotatable bonds is 3. The summed E-state index contributed by atoms with van der Waals surface area (Å²) in [7, 11) is -1.53. The van der Waals surface area contributed by atoms with Gasteiger partial charge in [0.05, 0.1) is 5.22 Å². The van der Waals surface area contributed by atoms with Crippen LogP contribution in [0.25, 0.3) is 0 Å². The fraction of sp³-hybridized carbons (Fsp3) is 1.00. The highest BCUT2D eigenvalue weighted by atomic mass is 28.2. The van der Waals surface area contributed by atoms with Crippen LogP contribution in [0.1, 0.15) is 32.1 Å². The van der Waals surface area contributed by atoms with Gasteiger partial charge in [-0.05, 0) is 25.7 Å². The molecule has 0 radical (unpaired) electrons. The Balaban J connectivity index is 2.44. The van der Waals surface area contributed by atoms with E-state index >= 15 is 0 Å². The van der Waals surface area contributed by atoms with Gasteiger partial charge in [-0.1, -0.05) is 0 Å². The minimum atomic E-state index is -4.14. The molecule has 0 aromatic rings. The maximum absolute atomic E-state index is 12.0. The third-order valence-electron chi connectivity index (χ3n) is 2.59. The lowest BCUT2D eigenvalue weighted by atomic mass is 10.0. The van der Waals surface area contributed by atoms with Crippen molar-refractivity contribution in [3.63, 3.8) is 0 Å². The van der Waals surface area contributed by atoms with Crippen LogP contribution in [0, 0.1) is 0 Å². The van der Waals surface area contributed by atoms with E-state index in [0.29, 0.717) is 13.0 Å². The molecule has 2 nitrogen and oxygen atoms in total. The second-order valence-corrected chi connectivity index (χ2v) is 5.37. The van der Waals surface area contributed by atoms with E-state index in [-0.39, 0.29) is 6.42 Å². The maximum Gasteiger partial charge on any atom is 0.389 e. The lowest BCUT2D eigenvalue weighted by Gasteiger charge is -2.35. The lowest BCUT2D eigenvalue weighted by molar-refractivity contribution is -0.148. The molecule has 0 aliphatic carbocycles. The average Bonchev–Trinajstić information content (AvgIpc) is 2.15. The van der Waals surface area contributed by atoms with Crippen LogP contribution in [0.15, 0.2) is 0 Å². The van der Waals surface area contributed by atoms with Gasteiger partial charge in [0.25, 0.3) is 0 Å². The van der Waals surface area contributed by atoms with Crippen molar-refractivity contribution in [2.45, 2.75) is 43.5 Å². The second-order valence-electron chi connectivity index (χ2n) is 3.76. The molecule has 1 N–H and O–H groups in total. The molecule has 1 saturated heterocycles. The van der Waals surface area contributed by atoms with Crippen LogP contribution >= 0.6 is 0 Å². The third-order valence-corrected chi connectivity index (χ3v) is 4.07. The molecule has 0 spiro atoms. The summed E-state index contributed by atoms with van der Waals surface area (Å²) < 4.78 is 41.3. The molecule has 1 atom stereocenters. The lowest BCUT2D eigenvalue weighted by Crippen LogP contribution is -2.43. The molecule has 84 valence electrons. The summed E-state index contributed by atoms with van der Waals surface area (Å²) in [5, 5.41) is -0.798. The Bertz CT molecular complexity index is 178. The second kappa shape index (κ2) is 4.63. The topological polar surface area (TPSA) is 29.5 Å². The molecule has 0 saturated carbocycles. The quantitative estimate of drug-likeness (QED) is 0.738. The van der Waals surface area contributed by atoms with E-state index in [0.717, 1.165) is 12.8 Å². The molecule has 0 aromatic carbocycles. The van der Waals surface area contributed by atoms with E-state index in [4.69, 9.17) is 4.74 Å². The van der Waals surface area contributed by atoms with Crippen molar-refractivity contribution in [1.82, 2.24) is 0 Å². The molecular weight excluding hydrogens is 213 g/mol. The van der Waals surface area contributed by atoms with E-state index in [1.807, 2.05) is 0 Å². The van der Waals surface area contributed by atoms with E-state index in [9.17, 15) is 18.0 Å². The first-order chi connectivity index (χ1) is 6.47. The van der Waals surface area contributed by atoms with Crippen LogP contribution in [-0.4, -0.2) is 32.6 Å². The summed E-state index contributed by atoms with van der Waals surface area (Å²) in [5.41, 5.74) is 0. The fourth-order valence-corrected chi connectivity index (χ4v) is 2.66. The Hall–Kier alpha value is -0.0731. The smallest absolute Gasteiger partial charge is 0.389 e. The average molecular weight is 228 g/mol.